The molecule has 0 fully saturated rings. The van der Waals surface area contributed by atoms with Crippen LogP contribution in [0.15, 0.2) is 28.7 Å². The summed E-state index contributed by atoms with van der Waals surface area (Å²) in [7, 11) is 0. The second-order valence-electron chi connectivity index (χ2n) is 3.38. The van der Waals surface area contributed by atoms with Crippen LogP contribution in [0.25, 0.3) is 6.08 Å². The smallest absolute Gasteiger partial charge is 0.142 e. The number of hydrogen-bond acceptors (Lipinski definition) is 2. The first-order valence-electron chi connectivity index (χ1n) is 5.32. The highest BCUT2D eigenvalue weighted by Crippen LogP contribution is 2.24. The van der Waals surface area contributed by atoms with Gasteiger partial charge in [0.05, 0.1) is 6.61 Å². The molecule has 0 heterocycles. The molecule has 0 atom stereocenters. The molecule has 0 saturated carbocycles. The van der Waals surface area contributed by atoms with E-state index in [1.54, 1.807) is 6.08 Å². The number of allylic oxidation sites excluding steroid dienone is 1. The van der Waals surface area contributed by atoms with Crippen molar-refractivity contribution in [1.29, 1.82) is 0 Å². The van der Waals surface area contributed by atoms with Gasteiger partial charge in [-0.3, -0.25) is 4.79 Å². The molecule has 0 radical (unpaired) electrons. The van der Waals surface area contributed by atoms with Gasteiger partial charge in [0.2, 0.25) is 0 Å². The number of hydrogen-bond donors (Lipinski definition) is 0. The molecule has 1 aromatic carbocycles. The minimum absolute atomic E-state index is 0.708. The second kappa shape index (κ2) is 7.23. The Morgan fingerprint density at radius 2 is 2.25 bits per heavy atom. The fraction of sp³-hybridized carbons (Fsp3) is 0.308. The van der Waals surface area contributed by atoms with Crippen LogP contribution in [0.4, 0.5) is 0 Å². The Morgan fingerprint density at radius 1 is 1.44 bits per heavy atom. The third kappa shape index (κ3) is 4.19. The summed E-state index contributed by atoms with van der Waals surface area (Å²) < 4.78 is 6.61. The van der Waals surface area contributed by atoms with Crippen LogP contribution in [-0.4, -0.2) is 12.9 Å². The normalized spacial score (nSPS) is 10.6. The van der Waals surface area contributed by atoms with Crippen molar-refractivity contribution in [1.82, 2.24) is 0 Å². The van der Waals surface area contributed by atoms with Crippen LogP contribution in [0.3, 0.4) is 0 Å². The molecule has 1 rings (SSSR count). The van der Waals surface area contributed by atoms with E-state index in [0.717, 1.165) is 34.9 Å². The molecular weight excluding hydrogens is 268 g/mol. The molecule has 0 aliphatic rings. The lowest BCUT2D eigenvalue weighted by atomic mass is 10.2. The summed E-state index contributed by atoms with van der Waals surface area (Å²) in [5.74, 6) is 0.815. The van der Waals surface area contributed by atoms with E-state index in [9.17, 15) is 4.79 Å². The molecule has 0 N–H and O–H groups in total. The first-order valence-corrected chi connectivity index (χ1v) is 6.11. The van der Waals surface area contributed by atoms with E-state index in [1.807, 2.05) is 18.2 Å². The number of ether oxygens (including phenoxy) is 1. The van der Waals surface area contributed by atoms with Crippen molar-refractivity contribution in [3.8, 4) is 5.75 Å². The molecule has 0 saturated heterocycles. The fourth-order valence-electron chi connectivity index (χ4n) is 1.25. The molecular formula is C13H15BrO2. The Morgan fingerprint density at radius 3 is 2.94 bits per heavy atom. The van der Waals surface area contributed by atoms with E-state index < -0.39 is 0 Å². The Balaban J connectivity index is 2.80. The predicted octanol–water partition coefficient (Wildman–Crippen LogP) is 3.84. The van der Waals surface area contributed by atoms with Gasteiger partial charge in [0.15, 0.2) is 0 Å². The third-order valence-electron chi connectivity index (χ3n) is 2.08. The summed E-state index contributed by atoms with van der Waals surface area (Å²) in [6, 6.07) is 5.77. The lowest BCUT2D eigenvalue weighted by molar-refractivity contribution is -0.104. The van der Waals surface area contributed by atoms with Gasteiger partial charge in [0.25, 0.3) is 0 Å². The van der Waals surface area contributed by atoms with Gasteiger partial charge in [0.1, 0.15) is 12.0 Å². The van der Waals surface area contributed by atoms with Gasteiger partial charge < -0.3 is 4.74 Å². The zero-order valence-electron chi connectivity index (χ0n) is 9.28. The quantitative estimate of drug-likeness (QED) is 0.450. The van der Waals surface area contributed by atoms with Crippen molar-refractivity contribution >= 4 is 28.3 Å². The van der Waals surface area contributed by atoms with Gasteiger partial charge in [-0.15, -0.1) is 0 Å². The summed E-state index contributed by atoms with van der Waals surface area (Å²) in [5, 5.41) is 0. The maximum Gasteiger partial charge on any atom is 0.142 e. The molecule has 86 valence electrons. The molecule has 0 spiro atoms. The van der Waals surface area contributed by atoms with Crippen LogP contribution in [0.5, 0.6) is 5.75 Å². The average molecular weight is 283 g/mol. The number of halogens is 1. The number of benzene rings is 1. The second-order valence-corrected chi connectivity index (χ2v) is 4.30. The van der Waals surface area contributed by atoms with Crippen LogP contribution in [0.2, 0.25) is 0 Å². The zero-order valence-corrected chi connectivity index (χ0v) is 10.9. The number of carbonyl (C=O) groups is 1. The van der Waals surface area contributed by atoms with Gasteiger partial charge in [-0.05, 0) is 36.8 Å². The van der Waals surface area contributed by atoms with Crippen molar-refractivity contribution in [2.45, 2.75) is 19.8 Å². The van der Waals surface area contributed by atoms with Crippen molar-refractivity contribution in [2.24, 2.45) is 0 Å². The minimum atomic E-state index is 0.708. The van der Waals surface area contributed by atoms with Crippen molar-refractivity contribution < 1.29 is 9.53 Å². The number of unbranched alkanes of at least 4 members (excludes halogenated alkanes) is 1. The van der Waals surface area contributed by atoms with Crippen LogP contribution in [-0.2, 0) is 4.79 Å². The standard InChI is InChI=1S/C13H15BrO2/c1-2-3-9-16-13-7-6-12(14)10-11(13)5-4-8-15/h4-8,10H,2-3,9H2,1H3/b5-4+. The molecule has 3 heteroatoms. The lowest BCUT2D eigenvalue weighted by Crippen LogP contribution is -1.98. The van der Waals surface area contributed by atoms with Crippen LogP contribution < -0.4 is 4.74 Å². The first kappa shape index (κ1) is 13.0. The van der Waals surface area contributed by atoms with Gasteiger partial charge in [-0.25, -0.2) is 0 Å². The molecule has 0 aromatic heterocycles. The molecule has 1 aromatic rings. The molecule has 16 heavy (non-hydrogen) atoms. The maximum absolute atomic E-state index is 10.3. The van der Waals surface area contributed by atoms with Crippen LogP contribution in [0.1, 0.15) is 25.3 Å². The van der Waals surface area contributed by atoms with Gasteiger partial charge >= 0.3 is 0 Å². The Kier molecular flexibility index (Phi) is 5.86. The van der Waals surface area contributed by atoms with Gasteiger partial charge in [0, 0.05) is 10.0 Å². The van der Waals surface area contributed by atoms with Crippen molar-refractivity contribution in [3.05, 3.63) is 34.3 Å². The SMILES string of the molecule is CCCCOc1ccc(Br)cc1/C=C/C=O. The summed E-state index contributed by atoms with van der Waals surface area (Å²) in [5.41, 5.74) is 0.914. The monoisotopic (exact) mass is 282 g/mol. The predicted molar refractivity (Wildman–Crippen MR) is 69.6 cm³/mol. The van der Waals surface area contributed by atoms with E-state index in [4.69, 9.17) is 4.74 Å². The number of aldehydes is 1. The van der Waals surface area contributed by atoms with Crippen LogP contribution >= 0.6 is 15.9 Å². The summed E-state index contributed by atoms with van der Waals surface area (Å²) in [4.78, 5) is 10.3. The first-order chi connectivity index (χ1) is 7.77. The van der Waals surface area contributed by atoms with Crippen LogP contribution in [0, 0.1) is 0 Å². The summed E-state index contributed by atoms with van der Waals surface area (Å²) >= 11 is 3.39. The van der Waals surface area contributed by atoms with E-state index in [0.29, 0.717) is 6.61 Å². The Hall–Kier alpha value is -1.09. The Labute approximate surface area is 104 Å². The fourth-order valence-corrected chi connectivity index (χ4v) is 1.63. The largest absolute Gasteiger partial charge is 0.493 e. The van der Waals surface area contributed by atoms with E-state index >= 15 is 0 Å². The maximum atomic E-state index is 10.3. The van der Waals surface area contributed by atoms with Gasteiger partial charge in [-0.2, -0.15) is 0 Å². The number of carbonyl (C=O) groups excluding carboxylic acids is 1. The van der Waals surface area contributed by atoms with E-state index in [-0.39, 0.29) is 0 Å². The van der Waals surface area contributed by atoms with Crippen molar-refractivity contribution in [3.63, 3.8) is 0 Å². The molecule has 0 amide bonds. The molecule has 2 nitrogen and oxygen atoms in total. The highest BCUT2D eigenvalue weighted by molar-refractivity contribution is 9.10. The van der Waals surface area contributed by atoms with E-state index in [1.165, 1.54) is 6.08 Å². The highest BCUT2D eigenvalue weighted by Gasteiger charge is 2.01. The zero-order chi connectivity index (χ0) is 11.8. The summed E-state index contributed by atoms with van der Waals surface area (Å²) in [6.45, 7) is 2.83. The highest BCUT2D eigenvalue weighted by atomic mass is 79.9. The Bertz CT molecular complexity index is 372. The topological polar surface area (TPSA) is 26.3 Å². The molecule has 0 aliphatic carbocycles. The minimum Gasteiger partial charge on any atom is -0.493 e. The molecule has 0 bridgehead atoms. The number of rotatable bonds is 6. The van der Waals surface area contributed by atoms with Crippen molar-refractivity contribution in [2.75, 3.05) is 6.61 Å². The van der Waals surface area contributed by atoms with E-state index in [2.05, 4.69) is 22.9 Å². The third-order valence-corrected chi connectivity index (χ3v) is 2.57. The van der Waals surface area contributed by atoms with Gasteiger partial charge in [-0.1, -0.05) is 29.3 Å². The average Bonchev–Trinajstić information content (AvgIpc) is 2.29. The molecule has 0 unspecified atom stereocenters. The molecule has 0 aliphatic heterocycles. The summed E-state index contributed by atoms with van der Waals surface area (Å²) in [6.07, 6.45) is 6.12. The lowest BCUT2D eigenvalue weighted by Gasteiger charge is -2.08.